The number of aromatic nitrogens is 1. The summed E-state index contributed by atoms with van der Waals surface area (Å²) in [5.74, 6) is 0.897. The van der Waals surface area contributed by atoms with Crippen LogP contribution in [0, 0.1) is 11.8 Å². The molecule has 0 unspecified atom stereocenters. The lowest BCUT2D eigenvalue weighted by atomic mass is 9.78. The maximum Gasteiger partial charge on any atom is 0.242 e. The highest BCUT2D eigenvalue weighted by Crippen LogP contribution is 2.30. The molecular formula is C13H19ClN2O2S. The van der Waals surface area contributed by atoms with E-state index in [2.05, 4.69) is 23.6 Å². The standard InChI is InChI=1S/C13H19ClN2O2S/c1-9-4-3-5-12(10(9)2)16-19(17,18)11-6-7-13(14)15-8-11/h6-10,12,16H,3-5H2,1-2H3/t9-,10-,12+/m1/s1. The minimum atomic E-state index is -3.50. The summed E-state index contributed by atoms with van der Waals surface area (Å²) in [6.45, 7) is 4.28. The third-order valence-corrected chi connectivity index (χ3v) is 5.72. The van der Waals surface area contributed by atoms with Crippen LogP contribution in [0.2, 0.25) is 5.15 Å². The van der Waals surface area contributed by atoms with Crippen LogP contribution in [0.5, 0.6) is 0 Å². The molecule has 0 amide bonds. The van der Waals surface area contributed by atoms with Gasteiger partial charge in [0.1, 0.15) is 10.0 Å². The van der Waals surface area contributed by atoms with Crippen molar-refractivity contribution in [3.05, 3.63) is 23.5 Å². The van der Waals surface area contributed by atoms with E-state index in [0.29, 0.717) is 17.0 Å². The largest absolute Gasteiger partial charge is 0.243 e. The maximum absolute atomic E-state index is 12.3. The van der Waals surface area contributed by atoms with Gasteiger partial charge >= 0.3 is 0 Å². The number of sulfonamides is 1. The summed E-state index contributed by atoms with van der Waals surface area (Å²) in [5, 5.41) is 0.290. The molecule has 0 aromatic carbocycles. The first kappa shape index (κ1) is 14.8. The Labute approximate surface area is 119 Å². The molecule has 19 heavy (non-hydrogen) atoms. The average molecular weight is 303 g/mol. The van der Waals surface area contributed by atoms with Crippen LogP contribution in [0.15, 0.2) is 23.2 Å². The van der Waals surface area contributed by atoms with Gasteiger partial charge in [0.05, 0.1) is 0 Å². The molecule has 0 bridgehead atoms. The van der Waals surface area contributed by atoms with Crippen LogP contribution in [0.3, 0.4) is 0 Å². The van der Waals surface area contributed by atoms with Crippen molar-refractivity contribution >= 4 is 21.6 Å². The second-order valence-electron chi connectivity index (χ2n) is 5.31. The van der Waals surface area contributed by atoms with Crippen molar-refractivity contribution in [2.24, 2.45) is 11.8 Å². The summed E-state index contributed by atoms with van der Waals surface area (Å²) >= 11 is 5.67. The van der Waals surface area contributed by atoms with Crippen LogP contribution in [0.1, 0.15) is 33.1 Å². The van der Waals surface area contributed by atoms with Crippen LogP contribution in [-0.2, 0) is 10.0 Å². The summed E-state index contributed by atoms with van der Waals surface area (Å²) in [4.78, 5) is 3.99. The predicted molar refractivity (Wildman–Crippen MR) is 75.5 cm³/mol. The van der Waals surface area contributed by atoms with Crippen molar-refractivity contribution in [1.82, 2.24) is 9.71 Å². The summed E-state index contributed by atoms with van der Waals surface area (Å²) < 4.78 is 27.3. The molecule has 6 heteroatoms. The molecule has 1 heterocycles. The minimum Gasteiger partial charge on any atom is -0.243 e. The number of nitrogens with zero attached hydrogens (tertiary/aromatic N) is 1. The fraction of sp³-hybridized carbons (Fsp3) is 0.615. The molecule has 0 aliphatic heterocycles. The number of halogens is 1. The molecule has 4 nitrogen and oxygen atoms in total. The molecule has 1 aromatic heterocycles. The first-order valence-corrected chi connectivity index (χ1v) is 8.40. The molecule has 1 saturated carbocycles. The first-order valence-electron chi connectivity index (χ1n) is 6.54. The van der Waals surface area contributed by atoms with E-state index in [-0.39, 0.29) is 10.9 Å². The number of hydrogen-bond acceptors (Lipinski definition) is 3. The van der Waals surface area contributed by atoms with Gasteiger partial charge in [-0.1, -0.05) is 38.3 Å². The molecule has 0 radical (unpaired) electrons. The van der Waals surface area contributed by atoms with Crippen LogP contribution >= 0.6 is 11.6 Å². The molecule has 1 aromatic rings. The highest BCUT2D eigenvalue weighted by molar-refractivity contribution is 7.89. The average Bonchev–Trinajstić information content (AvgIpc) is 2.35. The van der Waals surface area contributed by atoms with Crippen LogP contribution in [0.4, 0.5) is 0 Å². The van der Waals surface area contributed by atoms with Crippen LogP contribution in [-0.4, -0.2) is 19.4 Å². The third-order valence-electron chi connectivity index (χ3n) is 4.02. The van der Waals surface area contributed by atoms with Gasteiger partial charge in [-0.3, -0.25) is 0 Å². The van der Waals surface area contributed by atoms with Crippen LogP contribution in [0.25, 0.3) is 0 Å². The van der Waals surface area contributed by atoms with Crippen molar-refractivity contribution in [3.63, 3.8) is 0 Å². The van der Waals surface area contributed by atoms with E-state index in [0.717, 1.165) is 12.8 Å². The van der Waals surface area contributed by atoms with Crippen molar-refractivity contribution in [1.29, 1.82) is 0 Å². The van der Waals surface area contributed by atoms with Crippen LogP contribution < -0.4 is 4.72 Å². The first-order chi connectivity index (χ1) is 8.90. The molecule has 1 fully saturated rings. The van der Waals surface area contributed by atoms with E-state index in [1.54, 1.807) is 0 Å². The summed E-state index contributed by atoms with van der Waals surface area (Å²) in [6.07, 6.45) is 4.42. The normalized spacial score (nSPS) is 28.3. The highest BCUT2D eigenvalue weighted by Gasteiger charge is 2.30. The molecule has 1 aliphatic rings. The number of hydrogen-bond donors (Lipinski definition) is 1. The SMILES string of the molecule is C[C@@H]1[C@H](C)CCC[C@@H]1NS(=O)(=O)c1ccc(Cl)nc1. The number of nitrogens with one attached hydrogen (secondary N) is 1. The van der Waals surface area contributed by atoms with Crippen molar-refractivity contribution in [2.45, 2.75) is 44.0 Å². The van der Waals surface area contributed by atoms with Gasteiger partial charge in [0.2, 0.25) is 10.0 Å². The highest BCUT2D eigenvalue weighted by atomic mass is 35.5. The van der Waals surface area contributed by atoms with Gasteiger partial charge in [-0.2, -0.15) is 0 Å². The number of pyridine rings is 1. The Kier molecular flexibility index (Phi) is 4.48. The predicted octanol–water partition coefficient (Wildman–Crippen LogP) is 2.84. The minimum absolute atomic E-state index is 0.00410. The maximum atomic E-state index is 12.3. The van der Waals surface area contributed by atoms with Gasteiger partial charge in [-0.15, -0.1) is 0 Å². The fourth-order valence-electron chi connectivity index (χ4n) is 2.54. The van der Waals surface area contributed by atoms with Gasteiger partial charge in [0.15, 0.2) is 0 Å². The molecule has 3 atom stereocenters. The van der Waals surface area contributed by atoms with Crippen molar-refractivity contribution in [2.75, 3.05) is 0 Å². The molecule has 0 spiro atoms. The number of rotatable bonds is 3. The zero-order valence-corrected chi connectivity index (χ0v) is 12.7. The van der Waals surface area contributed by atoms with E-state index < -0.39 is 10.0 Å². The Morgan fingerprint density at radius 3 is 2.68 bits per heavy atom. The molecule has 0 saturated heterocycles. The Morgan fingerprint density at radius 1 is 1.32 bits per heavy atom. The zero-order valence-electron chi connectivity index (χ0n) is 11.1. The molecule has 1 N–H and O–H groups in total. The second kappa shape index (κ2) is 5.77. The van der Waals surface area contributed by atoms with Gasteiger partial charge in [-0.05, 0) is 30.4 Å². The lowest BCUT2D eigenvalue weighted by Crippen LogP contribution is -2.43. The van der Waals surface area contributed by atoms with E-state index in [1.165, 1.54) is 24.8 Å². The van der Waals surface area contributed by atoms with Gasteiger partial charge in [0, 0.05) is 12.2 Å². The fourth-order valence-corrected chi connectivity index (χ4v) is 3.95. The summed E-state index contributed by atoms with van der Waals surface area (Å²) in [6, 6.07) is 2.97. The van der Waals surface area contributed by atoms with E-state index in [4.69, 9.17) is 11.6 Å². The smallest absolute Gasteiger partial charge is 0.242 e. The van der Waals surface area contributed by atoms with E-state index in [1.807, 2.05) is 0 Å². The second-order valence-corrected chi connectivity index (χ2v) is 7.41. The lowest BCUT2D eigenvalue weighted by Gasteiger charge is -2.34. The van der Waals surface area contributed by atoms with Crippen molar-refractivity contribution < 1.29 is 8.42 Å². The Bertz CT molecular complexity index is 530. The zero-order chi connectivity index (χ0) is 14.0. The molecule has 1 aliphatic carbocycles. The monoisotopic (exact) mass is 302 g/mol. The molecular weight excluding hydrogens is 284 g/mol. The lowest BCUT2D eigenvalue weighted by molar-refractivity contribution is 0.227. The third kappa shape index (κ3) is 3.46. The van der Waals surface area contributed by atoms with E-state index >= 15 is 0 Å². The van der Waals surface area contributed by atoms with Gasteiger partial charge in [0.25, 0.3) is 0 Å². The Hall–Kier alpha value is -0.650. The van der Waals surface area contributed by atoms with Gasteiger partial charge < -0.3 is 0 Å². The Balaban J connectivity index is 2.15. The quantitative estimate of drug-likeness (QED) is 0.874. The summed E-state index contributed by atoms with van der Waals surface area (Å²) in [7, 11) is -3.50. The summed E-state index contributed by atoms with van der Waals surface area (Å²) in [5.41, 5.74) is 0. The van der Waals surface area contributed by atoms with Crippen molar-refractivity contribution in [3.8, 4) is 0 Å². The molecule has 106 valence electrons. The topological polar surface area (TPSA) is 59.1 Å². The molecule has 2 rings (SSSR count). The van der Waals surface area contributed by atoms with Gasteiger partial charge in [-0.25, -0.2) is 18.1 Å². The van der Waals surface area contributed by atoms with E-state index in [9.17, 15) is 8.42 Å². The Morgan fingerprint density at radius 2 is 2.05 bits per heavy atom.